The zero-order valence-corrected chi connectivity index (χ0v) is 10.1. The molecule has 0 bridgehead atoms. The molecule has 0 aromatic heterocycles. The molecule has 2 nitrogen and oxygen atoms in total. The lowest BCUT2D eigenvalue weighted by Crippen LogP contribution is -2.05. The van der Waals surface area contributed by atoms with E-state index >= 15 is 0 Å². The van der Waals surface area contributed by atoms with Crippen molar-refractivity contribution in [1.82, 2.24) is 0 Å². The molecule has 2 aromatic carbocycles. The van der Waals surface area contributed by atoms with Gasteiger partial charge in [-0.15, -0.1) is 0 Å². The topological polar surface area (TPSA) is 35.2 Å². The van der Waals surface area contributed by atoms with Gasteiger partial charge in [-0.2, -0.15) is 0 Å². The Morgan fingerprint density at radius 3 is 2.00 bits per heavy atom. The molecular formula is C15H16FNO. The van der Waals surface area contributed by atoms with E-state index in [-0.39, 0.29) is 5.82 Å². The van der Waals surface area contributed by atoms with Gasteiger partial charge in [-0.1, -0.05) is 24.3 Å². The molecule has 0 saturated carbocycles. The van der Waals surface area contributed by atoms with Crippen LogP contribution in [0.15, 0.2) is 48.5 Å². The zero-order chi connectivity index (χ0) is 12.8. The van der Waals surface area contributed by atoms with E-state index in [4.69, 9.17) is 10.5 Å². The monoisotopic (exact) mass is 245 g/mol. The quantitative estimate of drug-likeness (QED) is 0.821. The SMILES string of the molecule is NCCCOc1ccc(-c2ccc(F)cc2)cc1. The van der Waals surface area contributed by atoms with E-state index in [0.717, 1.165) is 23.3 Å². The molecule has 94 valence electrons. The maximum absolute atomic E-state index is 12.8. The average Bonchev–Trinajstić information content (AvgIpc) is 2.41. The lowest BCUT2D eigenvalue weighted by atomic mass is 10.1. The number of ether oxygens (including phenoxy) is 1. The van der Waals surface area contributed by atoms with Crippen molar-refractivity contribution in [3.8, 4) is 16.9 Å². The molecule has 0 saturated heterocycles. The van der Waals surface area contributed by atoms with Crippen molar-refractivity contribution in [2.24, 2.45) is 5.73 Å². The summed E-state index contributed by atoms with van der Waals surface area (Å²) in [4.78, 5) is 0. The van der Waals surface area contributed by atoms with Gasteiger partial charge in [0.2, 0.25) is 0 Å². The Bertz CT molecular complexity index is 479. The average molecular weight is 245 g/mol. The van der Waals surface area contributed by atoms with Crippen molar-refractivity contribution in [1.29, 1.82) is 0 Å². The Kier molecular flexibility index (Phi) is 4.31. The van der Waals surface area contributed by atoms with Crippen molar-refractivity contribution in [3.63, 3.8) is 0 Å². The molecule has 0 unspecified atom stereocenters. The molecule has 0 aliphatic carbocycles. The molecule has 3 heteroatoms. The van der Waals surface area contributed by atoms with Gasteiger partial charge in [0.25, 0.3) is 0 Å². The number of halogens is 1. The molecule has 0 fully saturated rings. The first-order valence-electron chi connectivity index (χ1n) is 5.98. The van der Waals surface area contributed by atoms with E-state index in [0.29, 0.717) is 13.2 Å². The molecule has 0 aliphatic rings. The van der Waals surface area contributed by atoms with E-state index in [1.165, 1.54) is 12.1 Å². The molecule has 2 rings (SSSR count). The summed E-state index contributed by atoms with van der Waals surface area (Å²) in [7, 11) is 0. The summed E-state index contributed by atoms with van der Waals surface area (Å²) >= 11 is 0. The maximum Gasteiger partial charge on any atom is 0.123 e. The third-order valence-corrected chi connectivity index (χ3v) is 2.65. The van der Waals surface area contributed by atoms with Crippen molar-refractivity contribution < 1.29 is 9.13 Å². The minimum Gasteiger partial charge on any atom is -0.494 e. The van der Waals surface area contributed by atoms with Gasteiger partial charge in [-0.25, -0.2) is 4.39 Å². The Labute approximate surface area is 106 Å². The molecule has 0 amide bonds. The first-order valence-corrected chi connectivity index (χ1v) is 5.98. The Hall–Kier alpha value is -1.87. The lowest BCUT2D eigenvalue weighted by Gasteiger charge is -2.06. The van der Waals surface area contributed by atoms with Crippen molar-refractivity contribution >= 4 is 0 Å². The molecule has 0 heterocycles. The first-order chi connectivity index (χ1) is 8.79. The van der Waals surface area contributed by atoms with E-state index in [9.17, 15) is 4.39 Å². The molecule has 2 aromatic rings. The molecular weight excluding hydrogens is 229 g/mol. The third kappa shape index (κ3) is 3.31. The van der Waals surface area contributed by atoms with Crippen LogP contribution in [0, 0.1) is 5.82 Å². The summed E-state index contributed by atoms with van der Waals surface area (Å²) in [5.41, 5.74) is 7.43. The van der Waals surface area contributed by atoms with Crippen LogP contribution in [-0.2, 0) is 0 Å². The van der Waals surface area contributed by atoms with Crippen LogP contribution in [0.2, 0.25) is 0 Å². The standard InChI is InChI=1S/C15H16FNO/c16-14-6-2-12(3-7-14)13-4-8-15(9-5-13)18-11-1-10-17/h2-9H,1,10-11,17H2. The van der Waals surface area contributed by atoms with E-state index < -0.39 is 0 Å². The summed E-state index contributed by atoms with van der Waals surface area (Å²) in [6.45, 7) is 1.26. The third-order valence-electron chi connectivity index (χ3n) is 2.65. The second-order valence-corrected chi connectivity index (χ2v) is 4.02. The summed E-state index contributed by atoms with van der Waals surface area (Å²) in [6, 6.07) is 14.2. The predicted octanol–water partition coefficient (Wildman–Crippen LogP) is 3.22. The molecule has 0 radical (unpaired) electrons. The highest BCUT2D eigenvalue weighted by Crippen LogP contribution is 2.22. The summed E-state index contributed by atoms with van der Waals surface area (Å²) in [6.07, 6.45) is 0.847. The van der Waals surface area contributed by atoms with Crippen LogP contribution in [0.3, 0.4) is 0 Å². The normalized spacial score (nSPS) is 10.3. The zero-order valence-electron chi connectivity index (χ0n) is 10.1. The molecule has 0 spiro atoms. The fourth-order valence-corrected chi connectivity index (χ4v) is 1.66. The number of nitrogens with two attached hydrogens (primary N) is 1. The van der Waals surface area contributed by atoms with Gasteiger partial charge in [0.05, 0.1) is 6.61 Å². The van der Waals surface area contributed by atoms with E-state index in [1.807, 2.05) is 24.3 Å². The van der Waals surface area contributed by atoms with Crippen molar-refractivity contribution in [2.75, 3.05) is 13.2 Å². The van der Waals surface area contributed by atoms with Crippen LogP contribution in [0.25, 0.3) is 11.1 Å². The van der Waals surface area contributed by atoms with E-state index in [2.05, 4.69) is 0 Å². The van der Waals surface area contributed by atoms with Gasteiger partial charge in [0.1, 0.15) is 11.6 Å². The first kappa shape index (κ1) is 12.6. The van der Waals surface area contributed by atoms with Crippen LogP contribution in [0.1, 0.15) is 6.42 Å². The predicted molar refractivity (Wildman–Crippen MR) is 71.0 cm³/mol. The lowest BCUT2D eigenvalue weighted by molar-refractivity contribution is 0.313. The van der Waals surface area contributed by atoms with Gasteiger partial charge in [0, 0.05) is 0 Å². The number of benzene rings is 2. The molecule has 0 atom stereocenters. The second kappa shape index (κ2) is 6.17. The van der Waals surface area contributed by atoms with Crippen LogP contribution < -0.4 is 10.5 Å². The van der Waals surface area contributed by atoms with Gasteiger partial charge in [-0.3, -0.25) is 0 Å². The van der Waals surface area contributed by atoms with Crippen molar-refractivity contribution in [3.05, 3.63) is 54.3 Å². The summed E-state index contributed by atoms with van der Waals surface area (Å²) in [5.74, 6) is 0.606. The van der Waals surface area contributed by atoms with Gasteiger partial charge in [0.15, 0.2) is 0 Å². The number of hydrogen-bond acceptors (Lipinski definition) is 2. The van der Waals surface area contributed by atoms with Crippen LogP contribution in [0.5, 0.6) is 5.75 Å². The fourth-order valence-electron chi connectivity index (χ4n) is 1.66. The highest BCUT2D eigenvalue weighted by Gasteiger charge is 1.99. The summed E-state index contributed by atoms with van der Waals surface area (Å²) in [5, 5.41) is 0. The van der Waals surface area contributed by atoms with Crippen LogP contribution in [-0.4, -0.2) is 13.2 Å². The van der Waals surface area contributed by atoms with Crippen molar-refractivity contribution in [2.45, 2.75) is 6.42 Å². The van der Waals surface area contributed by atoms with Gasteiger partial charge < -0.3 is 10.5 Å². The fraction of sp³-hybridized carbons (Fsp3) is 0.200. The summed E-state index contributed by atoms with van der Waals surface area (Å²) < 4.78 is 18.3. The van der Waals surface area contributed by atoms with Crippen LogP contribution >= 0.6 is 0 Å². The molecule has 0 aliphatic heterocycles. The highest BCUT2D eigenvalue weighted by molar-refractivity contribution is 5.63. The largest absolute Gasteiger partial charge is 0.494 e. The Morgan fingerprint density at radius 2 is 1.44 bits per heavy atom. The molecule has 2 N–H and O–H groups in total. The Balaban J connectivity index is 2.05. The second-order valence-electron chi connectivity index (χ2n) is 4.02. The van der Waals surface area contributed by atoms with Gasteiger partial charge in [-0.05, 0) is 48.4 Å². The van der Waals surface area contributed by atoms with Crippen LogP contribution in [0.4, 0.5) is 4.39 Å². The van der Waals surface area contributed by atoms with E-state index in [1.54, 1.807) is 12.1 Å². The minimum absolute atomic E-state index is 0.222. The smallest absolute Gasteiger partial charge is 0.123 e. The van der Waals surface area contributed by atoms with Gasteiger partial charge >= 0.3 is 0 Å². The molecule has 18 heavy (non-hydrogen) atoms. The highest BCUT2D eigenvalue weighted by atomic mass is 19.1. The number of hydrogen-bond donors (Lipinski definition) is 1. The number of rotatable bonds is 5. The maximum atomic E-state index is 12.8. The minimum atomic E-state index is -0.222. The Morgan fingerprint density at radius 1 is 0.889 bits per heavy atom.